The lowest BCUT2D eigenvalue weighted by Gasteiger charge is -2.07. The van der Waals surface area contributed by atoms with Crippen LogP contribution in [0.4, 0.5) is 0 Å². The van der Waals surface area contributed by atoms with Crippen LogP contribution < -0.4 is 10.6 Å². The highest BCUT2D eigenvalue weighted by Crippen LogP contribution is 2.20. The minimum atomic E-state index is 0.681. The Hall–Kier alpha value is -0.280. The summed E-state index contributed by atoms with van der Waals surface area (Å²) in [6.45, 7) is 5.98. The van der Waals surface area contributed by atoms with E-state index in [-0.39, 0.29) is 0 Å². The van der Waals surface area contributed by atoms with Crippen LogP contribution in [0.2, 0.25) is 10.0 Å². The summed E-state index contributed by atoms with van der Waals surface area (Å²) in [6, 6.07) is 5.60. The van der Waals surface area contributed by atoms with Gasteiger partial charge in [-0.2, -0.15) is 0 Å². The van der Waals surface area contributed by atoms with Crippen LogP contribution in [0.5, 0.6) is 0 Å². The summed E-state index contributed by atoms with van der Waals surface area (Å²) in [4.78, 5) is 0. The van der Waals surface area contributed by atoms with Crippen LogP contribution in [0.15, 0.2) is 18.2 Å². The van der Waals surface area contributed by atoms with E-state index in [0.717, 1.165) is 43.2 Å². The van der Waals surface area contributed by atoms with Gasteiger partial charge in [0.25, 0.3) is 0 Å². The zero-order valence-electron chi connectivity index (χ0n) is 9.52. The van der Waals surface area contributed by atoms with E-state index in [0.29, 0.717) is 5.02 Å². The molecule has 0 saturated heterocycles. The molecule has 0 bridgehead atoms. The van der Waals surface area contributed by atoms with Crippen LogP contribution in [0.3, 0.4) is 0 Å². The van der Waals surface area contributed by atoms with E-state index in [1.165, 1.54) is 0 Å². The van der Waals surface area contributed by atoms with Crippen molar-refractivity contribution in [3.05, 3.63) is 33.8 Å². The molecule has 2 nitrogen and oxygen atoms in total. The van der Waals surface area contributed by atoms with Crippen molar-refractivity contribution in [2.75, 3.05) is 19.6 Å². The summed E-state index contributed by atoms with van der Waals surface area (Å²) in [6.07, 6.45) is 1.12. The normalized spacial score (nSPS) is 10.7. The molecule has 0 aliphatic heterocycles. The van der Waals surface area contributed by atoms with Crippen molar-refractivity contribution in [3.8, 4) is 0 Å². The Labute approximate surface area is 107 Å². The minimum Gasteiger partial charge on any atom is -0.317 e. The van der Waals surface area contributed by atoms with Gasteiger partial charge in [-0.25, -0.2) is 0 Å². The molecule has 0 radical (unpaired) electrons. The van der Waals surface area contributed by atoms with E-state index < -0.39 is 0 Å². The maximum absolute atomic E-state index is 6.06. The zero-order valence-corrected chi connectivity index (χ0v) is 11.0. The lowest BCUT2D eigenvalue weighted by molar-refractivity contribution is 0.606. The molecule has 0 amide bonds. The Morgan fingerprint density at radius 2 is 1.88 bits per heavy atom. The van der Waals surface area contributed by atoms with Crippen molar-refractivity contribution in [1.29, 1.82) is 0 Å². The Morgan fingerprint density at radius 1 is 1.12 bits per heavy atom. The van der Waals surface area contributed by atoms with Gasteiger partial charge in [-0.05, 0) is 43.8 Å². The van der Waals surface area contributed by atoms with E-state index in [4.69, 9.17) is 23.2 Å². The third kappa shape index (κ3) is 5.17. The average Bonchev–Trinajstić information content (AvgIpc) is 2.26. The molecule has 0 spiro atoms. The third-order valence-electron chi connectivity index (χ3n) is 2.29. The van der Waals surface area contributed by atoms with Gasteiger partial charge in [-0.1, -0.05) is 36.2 Å². The Bertz CT molecular complexity index is 316. The molecule has 0 heterocycles. The molecule has 0 saturated carbocycles. The molecule has 0 aliphatic rings. The number of nitrogens with one attached hydrogen (secondary N) is 2. The second-order valence-electron chi connectivity index (χ2n) is 3.62. The monoisotopic (exact) mass is 260 g/mol. The Kier molecular flexibility index (Phi) is 6.81. The molecule has 0 unspecified atom stereocenters. The minimum absolute atomic E-state index is 0.681. The molecule has 4 heteroatoms. The van der Waals surface area contributed by atoms with Crippen LogP contribution in [0.1, 0.15) is 18.9 Å². The smallest absolute Gasteiger partial charge is 0.0465 e. The van der Waals surface area contributed by atoms with Crippen molar-refractivity contribution < 1.29 is 0 Å². The Balaban J connectivity index is 2.21. The summed E-state index contributed by atoms with van der Waals surface area (Å²) in [5.41, 5.74) is 1.09. The van der Waals surface area contributed by atoms with Crippen molar-refractivity contribution in [1.82, 2.24) is 10.6 Å². The average molecular weight is 261 g/mol. The van der Waals surface area contributed by atoms with E-state index in [1.807, 2.05) is 12.1 Å². The lowest BCUT2D eigenvalue weighted by Crippen LogP contribution is -2.21. The van der Waals surface area contributed by atoms with Crippen molar-refractivity contribution in [3.63, 3.8) is 0 Å². The SMILES string of the molecule is CCNCCCNCc1ccc(Cl)cc1Cl. The summed E-state index contributed by atoms with van der Waals surface area (Å²) in [5.74, 6) is 0. The molecule has 1 rings (SSSR count). The molecule has 0 fully saturated rings. The van der Waals surface area contributed by atoms with Crippen LogP contribution >= 0.6 is 23.2 Å². The molecule has 1 aromatic carbocycles. The van der Waals surface area contributed by atoms with Crippen LogP contribution in [0, 0.1) is 0 Å². The number of rotatable bonds is 7. The van der Waals surface area contributed by atoms with E-state index in [9.17, 15) is 0 Å². The molecule has 1 aromatic rings. The van der Waals surface area contributed by atoms with Crippen molar-refractivity contribution in [2.24, 2.45) is 0 Å². The molecule has 90 valence electrons. The zero-order chi connectivity index (χ0) is 11.8. The topological polar surface area (TPSA) is 24.1 Å². The standard InChI is InChI=1S/C12H18Cl2N2/c1-2-15-6-3-7-16-9-10-4-5-11(13)8-12(10)14/h4-5,8,15-16H,2-3,6-7,9H2,1H3. The molecular formula is C12H18Cl2N2. The lowest BCUT2D eigenvalue weighted by atomic mass is 10.2. The van der Waals surface area contributed by atoms with Crippen LogP contribution in [0.25, 0.3) is 0 Å². The van der Waals surface area contributed by atoms with Crippen molar-refractivity contribution >= 4 is 23.2 Å². The van der Waals surface area contributed by atoms with E-state index >= 15 is 0 Å². The predicted octanol–water partition coefficient (Wildman–Crippen LogP) is 3.08. The van der Waals surface area contributed by atoms with E-state index in [2.05, 4.69) is 17.6 Å². The van der Waals surface area contributed by atoms with Gasteiger partial charge in [0.05, 0.1) is 0 Å². The fraction of sp³-hybridized carbons (Fsp3) is 0.500. The maximum atomic E-state index is 6.06. The quantitative estimate of drug-likeness (QED) is 0.737. The van der Waals surface area contributed by atoms with Gasteiger partial charge in [0, 0.05) is 16.6 Å². The predicted molar refractivity (Wildman–Crippen MR) is 71.3 cm³/mol. The number of hydrogen-bond donors (Lipinski definition) is 2. The molecule has 0 aliphatic carbocycles. The van der Waals surface area contributed by atoms with Gasteiger partial charge in [-0.3, -0.25) is 0 Å². The van der Waals surface area contributed by atoms with Gasteiger partial charge in [0.2, 0.25) is 0 Å². The van der Waals surface area contributed by atoms with Crippen LogP contribution in [-0.2, 0) is 6.54 Å². The highest BCUT2D eigenvalue weighted by atomic mass is 35.5. The number of halogens is 2. The molecular weight excluding hydrogens is 243 g/mol. The fourth-order valence-corrected chi connectivity index (χ4v) is 1.88. The van der Waals surface area contributed by atoms with E-state index in [1.54, 1.807) is 6.07 Å². The van der Waals surface area contributed by atoms with Crippen molar-refractivity contribution in [2.45, 2.75) is 19.9 Å². The first-order valence-electron chi connectivity index (χ1n) is 5.59. The van der Waals surface area contributed by atoms with Gasteiger partial charge >= 0.3 is 0 Å². The maximum Gasteiger partial charge on any atom is 0.0465 e. The number of benzene rings is 1. The fourth-order valence-electron chi connectivity index (χ4n) is 1.40. The van der Waals surface area contributed by atoms with Gasteiger partial charge < -0.3 is 10.6 Å². The van der Waals surface area contributed by atoms with Gasteiger partial charge in [0.1, 0.15) is 0 Å². The first-order valence-corrected chi connectivity index (χ1v) is 6.35. The highest BCUT2D eigenvalue weighted by molar-refractivity contribution is 6.35. The van der Waals surface area contributed by atoms with Gasteiger partial charge in [-0.15, -0.1) is 0 Å². The second kappa shape index (κ2) is 7.91. The Morgan fingerprint density at radius 3 is 2.56 bits per heavy atom. The molecule has 16 heavy (non-hydrogen) atoms. The third-order valence-corrected chi connectivity index (χ3v) is 2.87. The first kappa shape index (κ1) is 13.8. The summed E-state index contributed by atoms with van der Waals surface area (Å²) < 4.78 is 0. The highest BCUT2D eigenvalue weighted by Gasteiger charge is 2.00. The van der Waals surface area contributed by atoms with Crippen LogP contribution in [-0.4, -0.2) is 19.6 Å². The molecule has 0 aromatic heterocycles. The second-order valence-corrected chi connectivity index (χ2v) is 4.46. The first-order chi connectivity index (χ1) is 7.74. The largest absolute Gasteiger partial charge is 0.317 e. The number of hydrogen-bond acceptors (Lipinski definition) is 2. The summed E-state index contributed by atoms with van der Waals surface area (Å²) in [5, 5.41) is 8.05. The summed E-state index contributed by atoms with van der Waals surface area (Å²) >= 11 is 11.9. The summed E-state index contributed by atoms with van der Waals surface area (Å²) in [7, 11) is 0. The molecule has 2 N–H and O–H groups in total. The molecule has 0 atom stereocenters. The van der Waals surface area contributed by atoms with Gasteiger partial charge in [0.15, 0.2) is 0 Å².